The van der Waals surface area contributed by atoms with Crippen molar-refractivity contribution in [2.75, 3.05) is 31.1 Å². The fourth-order valence-electron chi connectivity index (χ4n) is 3.15. The van der Waals surface area contributed by atoms with Gasteiger partial charge in [0.1, 0.15) is 11.6 Å². The van der Waals surface area contributed by atoms with Crippen molar-refractivity contribution in [2.45, 2.75) is 6.42 Å². The number of halogens is 1. The van der Waals surface area contributed by atoms with Crippen molar-refractivity contribution in [1.82, 2.24) is 14.0 Å². The van der Waals surface area contributed by atoms with Crippen LogP contribution in [0.15, 0.2) is 39.9 Å². The summed E-state index contributed by atoms with van der Waals surface area (Å²) in [7, 11) is 3.07. The van der Waals surface area contributed by atoms with Crippen LogP contribution in [-0.2, 0) is 14.1 Å². The third kappa shape index (κ3) is 3.40. The van der Waals surface area contributed by atoms with Crippen molar-refractivity contribution in [1.29, 1.82) is 0 Å². The van der Waals surface area contributed by atoms with E-state index in [0.717, 1.165) is 4.57 Å². The molecule has 8 heteroatoms. The molecule has 26 heavy (non-hydrogen) atoms. The van der Waals surface area contributed by atoms with Gasteiger partial charge < -0.3 is 9.80 Å². The molecule has 3 rings (SSSR count). The summed E-state index contributed by atoms with van der Waals surface area (Å²) in [5, 5.41) is 0. The normalized spacial score (nSPS) is 15.0. The monoisotopic (exact) mass is 360 g/mol. The van der Waals surface area contributed by atoms with E-state index in [1.54, 1.807) is 11.9 Å². The van der Waals surface area contributed by atoms with Gasteiger partial charge in [0.25, 0.3) is 11.5 Å². The van der Waals surface area contributed by atoms with E-state index in [1.807, 2.05) is 4.90 Å². The first-order valence-corrected chi connectivity index (χ1v) is 8.45. The second-order valence-corrected chi connectivity index (χ2v) is 6.38. The van der Waals surface area contributed by atoms with Crippen LogP contribution in [0.5, 0.6) is 0 Å². The molecule has 1 aliphatic heterocycles. The number of hydrogen-bond donors (Lipinski definition) is 0. The Balaban J connectivity index is 1.79. The largest absolute Gasteiger partial charge is 0.356 e. The quantitative estimate of drug-likeness (QED) is 0.786. The Morgan fingerprint density at radius 2 is 1.65 bits per heavy atom. The van der Waals surface area contributed by atoms with Crippen LogP contribution in [0.25, 0.3) is 0 Å². The Hall–Kier alpha value is -2.90. The van der Waals surface area contributed by atoms with Gasteiger partial charge in [-0.25, -0.2) is 9.18 Å². The van der Waals surface area contributed by atoms with Crippen LogP contribution in [0.3, 0.4) is 0 Å². The number of nitrogens with zero attached hydrogens (tertiary/aromatic N) is 4. The lowest BCUT2D eigenvalue weighted by Gasteiger charge is -2.25. The second-order valence-electron chi connectivity index (χ2n) is 6.38. The number of amides is 1. The van der Waals surface area contributed by atoms with Gasteiger partial charge in [0.2, 0.25) is 0 Å². The van der Waals surface area contributed by atoms with Crippen molar-refractivity contribution in [2.24, 2.45) is 14.1 Å². The average molecular weight is 360 g/mol. The molecule has 0 atom stereocenters. The number of carbonyl (C=O) groups is 1. The van der Waals surface area contributed by atoms with Gasteiger partial charge in [0.05, 0.1) is 0 Å². The minimum Gasteiger partial charge on any atom is -0.356 e. The van der Waals surface area contributed by atoms with Crippen molar-refractivity contribution in [3.8, 4) is 0 Å². The molecule has 0 N–H and O–H groups in total. The lowest BCUT2D eigenvalue weighted by Crippen LogP contribution is -2.41. The van der Waals surface area contributed by atoms with Crippen LogP contribution in [0, 0.1) is 5.82 Å². The van der Waals surface area contributed by atoms with Crippen molar-refractivity contribution >= 4 is 11.7 Å². The first kappa shape index (κ1) is 17.9. The minimum absolute atomic E-state index is 0.148. The summed E-state index contributed by atoms with van der Waals surface area (Å²) in [6.07, 6.45) is 0.705. The van der Waals surface area contributed by atoms with Crippen molar-refractivity contribution in [3.63, 3.8) is 0 Å². The van der Waals surface area contributed by atoms with E-state index in [-0.39, 0.29) is 23.0 Å². The number of rotatable bonds is 2. The summed E-state index contributed by atoms with van der Waals surface area (Å²) in [5.41, 5.74) is -0.289. The molecule has 0 spiro atoms. The van der Waals surface area contributed by atoms with E-state index in [4.69, 9.17) is 0 Å². The summed E-state index contributed by atoms with van der Waals surface area (Å²) in [5.74, 6) is 0.0223. The molecule has 2 heterocycles. The SMILES string of the molecule is Cn1c(N2CCCN(C(=O)c3ccc(F)cc3)CC2)cc(=O)n(C)c1=O. The molecule has 1 fully saturated rings. The van der Waals surface area contributed by atoms with Crippen LogP contribution in [0.4, 0.5) is 10.2 Å². The molecule has 0 aliphatic carbocycles. The zero-order valence-corrected chi connectivity index (χ0v) is 14.8. The zero-order valence-electron chi connectivity index (χ0n) is 14.8. The summed E-state index contributed by atoms with van der Waals surface area (Å²) < 4.78 is 15.5. The summed E-state index contributed by atoms with van der Waals surface area (Å²) in [6, 6.07) is 6.94. The summed E-state index contributed by atoms with van der Waals surface area (Å²) in [4.78, 5) is 40.3. The summed E-state index contributed by atoms with van der Waals surface area (Å²) >= 11 is 0. The lowest BCUT2D eigenvalue weighted by atomic mass is 10.2. The maximum Gasteiger partial charge on any atom is 0.332 e. The van der Waals surface area contributed by atoms with Crippen molar-refractivity contribution in [3.05, 3.63) is 62.6 Å². The minimum atomic E-state index is -0.379. The molecule has 0 radical (unpaired) electrons. The highest BCUT2D eigenvalue weighted by Gasteiger charge is 2.22. The fraction of sp³-hybridized carbons (Fsp3) is 0.389. The fourth-order valence-corrected chi connectivity index (χ4v) is 3.15. The highest BCUT2D eigenvalue weighted by atomic mass is 19.1. The standard InChI is InChI=1S/C18H21FN4O3/c1-20-15(12-16(24)21(2)18(20)26)22-8-3-9-23(11-10-22)17(25)13-4-6-14(19)7-5-13/h4-7,12H,3,8-11H2,1-2H3. The van der Waals surface area contributed by atoms with E-state index >= 15 is 0 Å². The third-order valence-electron chi connectivity index (χ3n) is 4.70. The molecule has 0 unspecified atom stereocenters. The Morgan fingerprint density at radius 1 is 0.962 bits per heavy atom. The molecule has 1 saturated heterocycles. The van der Waals surface area contributed by atoms with E-state index < -0.39 is 0 Å². The number of benzene rings is 1. The Morgan fingerprint density at radius 3 is 2.35 bits per heavy atom. The van der Waals surface area contributed by atoms with Crippen LogP contribution in [-0.4, -0.2) is 46.1 Å². The van der Waals surface area contributed by atoms with Crippen molar-refractivity contribution < 1.29 is 9.18 Å². The van der Waals surface area contributed by atoms with Gasteiger partial charge in [-0.3, -0.25) is 18.7 Å². The Kier molecular flexibility index (Phi) is 4.92. The van der Waals surface area contributed by atoms with E-state index in [2.05, 4.69) is 0 Å². The van der Waals surface area contributed by atoms with Gasteiger partial charge in [-0.2, -0.15) is 0 Å². The smallest absolute Gasteiger partial charge is 0.332 e. The van der Waals surface area contributed by atoms with Gasteiger partial charge in [-0.15, -0.1) is 0 Å². The molecule has 2 aromatic rings. The first-order valence-electron chi connectivity index (χ1n) is 8.45. The maximum absolute atomic E-state index is 13.0. The van der Waals surface area contributed by atoms with Crippen LogP contribution in [0.2, 0.25) is 0 Å². The van der Waals surface area contributed by atoms with Gasteiger partial charge in [-0.1, -0.05) is 0 Å². The van der Waals surface area contributed by atoms with Gasteiger partial charge in [0, 0.05) is 51.9 Å². The predicted molar refractivity (Wildman–Crippen MR) is 96.1 cm³/mol. The predicted octanol–water partition coefficient (Wildman–Crippen LogP) is 0.576. The molecule has 1 amide bonds. The molecule has 7 nitrogen and oxygen atoms in total. The van der Waals surface area contributed by atoms with Crippen LogP contribution >= 0.6 is 0 Å². The Labute approximate surface area is 149 Å². The molecule has 1 aromatic heterocycles. The van der Waals surface area contributed by atoms with E-state index in [0.29, 0.717) is 44.0 Å². The third-order valence-corrected chi connectivity index (χ3v) is 4.70. The first-order chi connectivity index (χ1) is 12.4. The number of anilines is 1. The highest BCUT2D eigenvalue weighted by molar-refractivity contribution is 5.94. The second kappa shape index (κ2) is 7.15. The molecule has 138 valence electrons. The Bertz CT molecular complexity index is 933. The topological polar surface area (TPSA) is 67.5 Å². The van der Waals surface area contributed by atoms with Crippen LogP contribution < -0.4 is 16.1 Å². The molecule has 1 aromatic carbocycles. The lowest BCUT2D eigenvalue weighted by molar-refractivity contribution is 0.0767. The maximum atomic E-state index is 13.0. The van der Waals surface area contributed by atoms with E-state index in [1.165, 1.54) is 41.9 Å². The molecule has 0 bridgehead atoms. The number of hydrogen-bond acceptors (Lipinski definition) is 4. The molecule has 0 saturated carbocycles. The molecular formula is C18H21FN4O3. The van der Waals surface area contributed by atoms with Gasteiger partial charge in [0.15, 0.2) is 0 Å². The van der Waals surface area contributed by atoms with E-state index in [9.17, 15) is 18.8 Å². The number of carbonyl (C=O) groups excluding carboxylic acids is 1. The number of aromatic nitrogens is 2. The van der Waals surface area contributed by atoms with Gasteiger partial charge >= 0.3 is 5.69 Å². The highest BCUT2D eigenvalue weighted by Crippen LogP contribution is 2.15. The van der Waals surface area contributed by atoms with Crippen LogP contribution in [0.1, 0.15) is 16.8 Å². The summed E-state index contributed by atoms with van der Waals surface area (Å²) in [6.45, 7) is 2.16. The van der Waals surface area contributed by atoms with Gasteiger partial charge in [-0.05, 0) is 30.7 Å². The average Bonchev–Trinajstić information content (AvgIpc) is 2.89. The molecular weight excluding hydrogens is 339 g/mol. The molecule has 1 aliphatic rings. The zero-order chi connectivity index (χ0) is 18.8.